The molecule has 0 bridgehead atoms. The Kier molecular flexibility index (Phi) is 2.90. The van der Waals surface area contributed by atoms with Crippen LogP contribution in [0.1, 0.15) is 11.4 Å². The van der Waals surface area contributed by atoms with E-state index in [1.165, 1.54) is 0 Å². The number of aryl methyl sites for hydroxylation is 2. The zero-order chi connectivity index (χ0) is 14.1. The molecule has 6 nitrogen and oxygen atoms in total. The molecule has 0 saturated carbocycles. The Morgan fingerprint density at radius 3 is 2.60 bits per heavy atom. The van der Waals surface area contributed by atoms with Gasteiger partial charge in [0.25, 0.3) is 0 Å². The van der Waals surface area contributed by atoms with Crippen LogP contribution >= 0.6 is 0 Å². The van der Waals surface area contributed by atoms with E-state index < -0.39 is 0 Å². The minimum absolute atomic E-state index is 0.392. The fraction of sp³-hybridized carbons (Fsp3) is 0.143. The maximum Gasteiger partial charge on any atom is 0.182 e. The summed E-state index contributed by atoms with van der Waals surface area (Å²) in [6.45, 7) is 3.91. The van der Waals surface area contributed by atoms with E-state index in [0.717, 1.165) is 11.4 Å². The van der Waals surface area contributed by atoms with Crippen molar-refractivity contribution in [3.05, 3.63) is 47.9 Å². The zero-order valence-corrected chi connectivity index (χ0v) is 11.3. The van der Waals surface area contributed by atoms with Crippen LogP contribution in [0.25, 0.3) is 17.3 Å². The van der Waals surface area contributed by atoms with Crippen LogP contribution in [-0.4, -0.2) is 24.7 Å². The zero-order valence-electron chi connectivity index (χ0n) is 11.3. The van der Waals surface area contributed by atoms with Crippen molar-refractivity contribution in [3.8, 4) is 17.3 Å². The highest BCUT2D eigenvalue weighted by atomic mass is 15.3. The summed E-state index contributed by atoms with van der Waals surface area (Å²) in [5.41, 5.74) is 8.48. The summed E-state index contributed by atoms with van der Waals surface area (Å²) in [5, 5.41) is 4.41. The lowest BCUT2D eigenvalue weighted by Gasteiger charge is -2.07. The van der Waals surface area contributed by atoms with Gasteiger partial charge < -0.3 is 5.73 Å². The lowest BCUT2D eigenvalue weighted by Crippen LogP contribution is -2.06. The predicted octanol–water partition coefficient (Wildman–Crippen LogP) is 1.92. The normalized spacial score (nSPS) is 10.7. The monoisotopic (exact) mass is 266 g/mol. The second-order valence-electron chi connectivity index (χ2n) is 4.53. The fourth-order valence-corrected chi connectivity index (χ4v) is 2.03. The molecule has 0 saturated heterocycles. The Morgan fingerprint density at radius 2 is 1.95 bits per heavy atom. The molecule has 2 N–H and O–H groups in total. The van der Waals surface area contributed by atoms with Crippen molar-refractivity contribution < 1.29 is 0 Å². The van der Waals surface area contributed by atoms with Gasteiger partial charge in [-0.05, 0) is 32.0 Å². The van der Waals surface area contributed by atoms with Crippen molar-refractivity contribution in [2.24, 2.45) is 0 Å². The minimum atomic E-state index is 0.392. The van der Waals surface area contributed by atoms with Crippen molar-refractivity contribution in [1.82, 2.24) is 24.7 Å². The van der Waals surface area contributed by atoms with Crippen LogP contribution in [0.5, 0.6) is 0 Å². The van der Waals surface area contributed by atoms with E-state index >= 15 is 0 Å². The molecular weight excluding hydrogens is 252 g/mol. The minimum Gasteiger partial charge on any atom is -0.384 e. The summed E-state index contributed by atoms with van der Waals surface area (Å²) < 4.78 is 1.75. The molecule has 0 unspecified atom stereocenters. The third-order valence-corrected chi connectivity index (χ3v) is 2.85. The Labute approximate surface area is 116 Å². The average molecular weight is 266 g/mol. The summed E-state index contributed by atoms with van der Waals surface area (Å²) >= 11 is 0. The predicted molar refractivity (Wildman–Crippen MR) is 76.3 cm³/mol. The van der Waals surface area contributed by atoms with E-state index in [0.29, 0.717) is 23.2 Å². The quantitative estimate of drug-likeness (QED) is 0.766. The molecule has 0 aliphatic rings. The number of aromatic nitrogens is 5. The molecule has 3 rings (SSSR count). The van der Waals surface area contributed by atoms with Gasteiger partial charge in [-0.1, -0.05) is 6.07 Å². The number of pyridine rings is 1. The van der Waals surface area contributed by atoms with Gasteiger partial charge in [0.2, 0.25) is 0 Å². The molecule has 6 heteroatoms. The number of rotatable bonds is 2. The third-order valence-electron chi connectivity index (χ3n) is 2.85. The number of nitrogens with two attached hydrogens (primary N) is 1. The molecule has 20 heavy (non-hydrogen) atoms. The standard InChI is InChI=1S/C14H14N6/c1-9-7-10(2)20(19-9)13-8-12(15)17-14(18-13)11-5-3-4-6-16-11/h3-8H,1-2H3,(H2,15,17,18). The molecule has 0 aromatic carbocycles. The largest absolute Gasteiger partial charge is 0.384 e. The first-order valence-corrected chi connectivity index (χ1v) is 6.23. The highest BCUT2D eigenvalue weighted by molar-refractivity contribution is 5.54. The molecule has 3 heterocycles. The summed E-state index contributed by atoms with van der Waals surface area (Å²) in [6, 6.07) is 9.26. The topological polar surface area (TPSA) is 82.5 Å². The molecule has 0 radical (unpaired) electrons. The van der Waals surface area contributed by atoms with E-state index in [2.05, 4.69) is 20.1 Å². The highest BCUT2D eigenvalue weighted by Crippen LogP contribution is 2.17. The molecule has 0 amide bonds. The van der Waals surface area contributed by atoms with Gasteiger partial charge in [0, 0.05) is 18.0 Å². The third kappa shape index (κ3) is 2.23. The summed E-state index contributed by atoms with van der Waals surface area (Å²) in [6.07, 6.45) is 1.70. The highest BCUT2D eigenvalue weighted by Gasteiger charge is 2.10. The van der Waals surface area contributed by atoms with Gasteiger partial charge in [0.05, 0.1) is 5.69 Å². The van der Waals surface area contributed by atoms with Gasteiger partial charge in [-0.25, -0.2) is 14.6 Å². The molecule has 0 aliphatic carbocycles. The maximum atomic E-state index is 5.87. The lowest BCUT2D eigenvalue weighted by atomic mass is 10.3. The van der Waals surface area contributed by atoms with Gasteiger partial charge in [-0.15, -0.1) is 0 Å². The molecule has 100 valence electrons. The summed E-state index contributed by atoms with van der Waals surface area (Å²) in [5.74, 6) is 1.53. The molecule has 0 atom stereocenters. The molecule has 0 fully saturated rings. The number of anilines is 1. The van der Waals surface area contributed by atoms with Gasteiger partial charge in [0.15, 0.2) is 11.6 Å². The van der Waals surface area contributed by atoms with E-state index in [-0.39, 0.29) is 0 Å². The van der Waals surface area contributed by atoms with Crippen molar-refractivity contribution in [2.75, 3.05) is 5.73 Å². The van der Waals surface area contributed by atoms with Gasteiger partial charge in [-0.3, -0.25) is 4.98 Å². The van der Waals surface area contributed by atoms with E-state index in [1.54, 1.807) is 16.9 Å². The second-order valence-corrected chi connectivity index (χ2v) is 4.53. The van der Waals surface area contributed by atoms with Gasteiger partial charge in [0.1, 0.15) is 11.5 Å². The SMILES string of the molecule is Cc1cc(C)n(-c2cc(N)nc(-c3ccccn3)n2)n1. The first-order valence-electron chi connectivity index (χ1n) is 6.23. The smallest absolute Gasteiger partial charge is 0.182 e. The first kappa shape index (κ1) is 12.3. The van der Waals surface area contributed by atoms with Crippen LogP contribution in [0.4, 0.5) is 5.82 Å². The van der Waals surface area contributed by atoms with Gasteiger partial charge in [-0.2, -0.15) is 5.10 Å². The van der Waals surface area contributed by atoms with Crippen molar-refractivity contribution in [2.45, 2.75) is 13.8 Å². The number of nitrogen functional groups attached to an aromatic ring is 1. The summed E-state index contributed by atoms with van der Waals surface area (Å²) in [4.78, 5) is 13.0. The van der Waals surface area contributed by atoms with Crippen LogP contribution < -0.4 is 5.73 Å². The van der Waals surface area contributed by atoms with Crippen molar-refractivity contribution in [1.29, 1.82) is 0 Å². The maximum absolute atomic E-state index is 5.87. The van der Waals surface area contributed by atoms with E-state index in [4.69, 9.17) is 5.73 Å². The van der Waals surface area contributed by atoms with Gasteiger partial charge >= 0.3 is 0 Å². The Balaban J connectivity index is 2.14. The van der Waals surface area contributed by atoms with Crippen molar-refractivity contribution >= 4 is 5.82 Å². The molecule has 3 aromatic heterocycles. The number of hydrogen-bond acceptors (Lipinski definition) is 5. The van der Waals surface area contributed by atoms with E-state index in [9.17, 15) is 0 Å². The van der Waals surface area contributed by atoms with Crippen LogP contribution in [0.15, 0.2) is 36.5 Å². The van der Waals surface area contributed by atoms with Crippen LogP contribution in [0.3, 0.4) is 0 Å². The molecule has 3 aromatic rings. The average Bonchev–Trinajstić information content (AvgIpc) is 2.78. The second kappa shape index (κ2) is 4.73. The van der Waals surface area contributed by atoms with Crippen LogP contribution in [0.2, 0.25) is 0 Å². The summed E-state index contributed by atoms with van der Waals surface area (Å²) in [7, 11) is 0. The molecular formula is C14H14N6. The molecule has 0 aliphatic heterocycles. The number of hydrogen-bond donors (Lipinski definition) is 1. The first-order chi connectivity index (χ1) is 9.63. The lowest BCUT2D eigenvalue weighted by molar-refractivity contribution is 0.803. The Bertz CT molecular complexity index is 748. The fourth-order valence-electron chi connectivity index (χ4n) is 2.03. The number of nitrogens with zero attached hydrogens (tertiary/aromatic N) is 5. The Hall–Kier alpha value is -2.76. The van der Waals surface area contributed by atoms with E-state index in [1.807, 2.05) is 38.1 Å². The van der Waals surface area contributed by atoms with Crippen molar-refractivity contribution in [3.63, 3.8) is 0 Å². The Morgan fingerprint density at radius 1 is 1.10 bits per heavy atom. The molecule has 0 spiro atoms. The van der Waals surface area contributed by atoms with Crippen LogP contribution in [0, 0.1) is 13.8 Å². The van der Waals surface area contributed by atoms with Crippen LogP contribution in [-0.2, 0) is 0 Å².